The van der Waals surface area contributed by atoms with Gasteiger partial charge in [0, 0.05) is 0 Å². The monoisotopic (exact) mass is 1090 g/mol. The first-order valence-corrected chi connectivity index (χ1v) is 29.8. The van der Waals surface area contributed by atoms with Crippen LogP contribution in [0.5, 0.6) is 0 Å². The highest BCUT2D eigenvalue weighted by Gasteiger charge is 2.05. The molecule has 0 aromatic heterocycles. The molecular weight excluding hydrogens is 985 g/mol. The van der Waals surface area contributed by atoms with Gasteiger partial charge in [-0.25, -0.2) is 0 Å². The van der Waals surface area contributed by atoms with Gasteiger partial charge in [0.1, 0.15) is 0 Å². The lowest BCUT2D eigenvalue weighted by molar-refractivity contribution is 0.736. The highest BCUT2D eigenvalue weighted by Crippen LogP contribution is 2.29. The molecule has 430 valence electrons. The van der Waals surface area contributed by atoms with E-state index in [1.165, 1.54) is 89.0 Å². The fourth-order valence-electron chi connectivity index (χ4n) is 7.77. The molecule has 0 aliphatic heterocycles. The van der Waals surface area contributed by atoms with Gasteiger partial charge >= 0.3 is 0 Å². The standard InChI is InChI=1S/C21H20.C19H16.C13H12.C12H14.C5H8.2C4H10.2C2H6/c1-16(2)18-10-6-12-20(14-18)21-13-7-11-19(15-21)17-8-4-3-5-9-17;1-15-6-5-9-19(14-15)18-12-10-17(11-13-18)16-7-3-2-4-8-16;1-11-6-5-9-13(10-11)12-7-3-2-4-8-12;1-4-11(5-2)12-9-7-6-8-10(12)3;1-3-5-4-2;2*1-4(2)3;2*1-2/h3-16H,1-2H3;2-14H,1H3;2-10H,1H3;4-9H,1H2,2-3H3;3-5H,1H2,2H3;2*4H,1-3H3;2*1-2H3/b;;;11-5+;5-4-;;;;. The van der Waals surface area contributed by atoms with Crippen LogP contribution in [-0.2, 0) is 0 Å². The van der Waals surface area contributed by atoms with Crippen molar-refractivity contribution in [3.63, 3.8) is 0 Å². The Kier molecular flexibility index (Phi) is 38.3. The summed E-state index contributed by atoms with van der Waals surface area (Å²) in [6.07, 6.45) is 9.55. The minimum absolute atomic E-state index is 0.558. The Bertz CT molecular complexity index is 3100. The summed E-state index contributed by atoms with van der Waals surface area (Å²) in [5, 5.41) is 0. The van der Waals surface area contributed by atoms with Crippen LogP contribution in [0.3, 0.4) is 0 Å². The molecule has 0 atom stereocenters. The Morgan fingerprint density at radius 2 is 0.646 bits per heavy atom. The fraction of sp³-hybridized carbons (Fsp3) is 0.244. The highest BCUT2D eigenvalue weighted by atomic mass is 14.1. The van der Waals surface area contributed by atoms with Crippen LogP contribution in [0.1, 0.15) is 131 Å². The number of rotatable bonds is 9. The van der Waals surface area contributed by atoms with E-state index in [0.717, 1.165) is 11.8 Å². The molecular formula is C82H102. The first-order chi connectivity index (χ1) is 39.6. The quantitative estimate of drug-likeness (QED) is 0.126. The van der Waals surface area contributed by atoms with Gasteiger partial charge in [0.15, 0.2) is 0 Å². The van der Waals surface area contributed by atoms with Crippen LogP contribution in [0, 0.1) is 32.6 Å². The lowest BCUT2D eigenvalue weighted by atomic mass is 9.95. The zero-order valence-electron chi connectivity index (χ0n) is 53.5. The Morgan fingerprint density at radius 1 is 0.341 bits per heavy atom. The van der Waals surface area contributed by atoms with Gasteiger partial charge in [0.05, 0.1) is 0 Å². The van der Waals surface area contributed by atoms with Gasteiger partial charge in [-0.2, -0.15) is 0 Å². The highest BCUT2D eigenvalue weighted by molar-refractivity contribution is 5.76. The number of hydrogen-bond donors (Lipinski definition) is 0. The largest absolute Gasteiger partial charge is 0.0991 e. The van der Waals surface area contributed by atoms with Gasteiger partial charge in [-0.3, -0.25) is 0 Å². The minimum Gasteiger partial charge on any atom is -0.0991 e. The smallest absolute Gasteiger partial charge is 0.0158 e. The molecule has 0 heteroatoms. The Balaban J connectivity index is 0.000000508. The third-order valence-corrected chi connectivity index (χ3v) is 11.6. The number of benzene rings is 9. The summed E-state index contributed by atoms with van der Waals surface area (Å²) < 4.78 is 0. The summed E-state index contributed by atoms with van der Waals surface area (Å²) >= 11 is 0. The maximum Gasteiger partial charge on any atom is -0.0158 e. The second-order valence-corrected chi connectivity index (χ2v) is 20.8. The Labute approximate surface area is 501 Å². The summed E-state index contributed by atoms with van der Waals surface area (Å²) in [5.74, 6) is 2.22. The molecule has 9 rings (SSSR count). The van der Waals surface area contributed by atoms with E-state index >= 15 is 0 Å². The molecule has 0 saturated heterocycles. The van der Waals surface area contributed by atoms with Crippen molar-refractivity contribution in [2.75, 3.05) is 0 Å². The van der Waals surface area contributed by atoms with E-state index in [2.05, 4.69) is 320 Å². The van der Waals surface area contributed by atoms with E-state index < -0.39 is 0 Å². The molecule has 0 unspecified atom stereocenters. The van der Waals surface area contributed by atoms with Crippen molar-refractivity contribution in [1.29, 1.82) is 0 Å². The molecule has 0 amide bonds. The van der Waals surface area contributed by atoms with Crippen LogP contribution in [0.2, 0.25) is 0 Å². The average molecular weight is 1090 g/mol. The maximum absolute atomic E-state index is 3.78. The van der Waals surface area contributed by atoms with Gasteiger partial charge in [0.25, 0.3) is 0 Å². The zero-order chi connectivity index (χ0) is 61.1. The van der Waals surface area contributed by atoms with Crippen molar-refractivity contribution >= 4 is 5.57 Å². The average Bonchev–Trinajstić information content (AvgIpc) is 3.52. The van der Waals surface area contributed by atoms with Crippen molar-refractivity contribution in [1.82, 2.24) is 0 Å². The van der Waals surface area contributed by atoms with E-state index in [9.17, 15) is 0 Å². The van der Waals surface area contributed by atoms with Gasteiger partial charge in [-0.15, -0.1) is 0 Å². The zero-order valence-corrected chi connectivity index (χ0v) is 53.5. The SMILES string of the molecule is C=C/C(=C\C)c1ccccc1C.C=C/C=C\C.CC.CC.CC(C)C.CC(C)C.CC(C)c1cccc(-c2cccc(-c3ccccc3)c2)c1.Cc1cccc(-c2ccc(-c3ccccc3)cc2)c1.Cc1cccc(-c2ccccc2)c1. The van der Waals surface area contributed by atoms with E-state index in [0.29, 0.717) is 5.92 Å². The number of allylic oxidation sites excluding steroid dienone is 6. The molecule has 0 heterocycles. The molecule has 0 fully saturated rings. The van der Waals surface area contributed by atoms with Crippen LogP contribution >= 0.6 is 0 Å². The number of aryl methyl sites for hydroxylation is 3. The first kappa shape index (κ1) is 72.0. The summed E-state index contributed by atoms with van der Waals surface area (Å²) in [7, 11) is 0. The lowest BCUT2D eigenvalue weighted by Crippen LogP contribution is -1.88. The Hall–Kier alpha value is -8.06. The van der Waals surface area contributed by atoms with E-state index in [1.807, 2.05) is 71.9 Å². The first-order valence-electron chi connectivity index (χ1n) is 29.8. The Morgan fingerprint density at radius 3 is 0.988 bits per heavy atom. The molecule has 0 aliphatic carbocycles. The lowest BCUT2D eigenvalue weighted by Gasteiger charge is -2.10. The van der Waals surface area contributed by atoms with Crippen LogP contribution in [0.15, 0.2) is 280 Å². The van der Waals surface area contributed by atoms with Crippen molar-refractivity contribution < 1.29 is 0 Å². The second-order valence-electron chi connectivity index (χ2n) is 20.8. The van der Waals surface area contributed by atoms with Gasteiger partial charge in [-0.05, 0) is 136 Å². The van der Waals surface area contributed by atoms with E-state index in [1.54, 1.807) is 6.08 Å². The number of hydrogen-bond acceptors (Lipinski definition) is 0. The fourth-order valence-corrected chi connectivity index (χ4v) is 7.77. The summed E-state index contributed by atoms with van der Waals surface area (Å²) in [6, 6.07) is 83.3. The van der Waals surface area contributed by atoms with Crippen molar-refractivity contribution in [2.24, 2.45) is 11.8 Å². The molecule has 0 bridgehead atoms. The van der Waals surface area contributed by atoms with Crippen LogP contribution in [0.4, 0.5) is 0 Å². The summed E-state index contributed by atoms with van der Waals surface area (Å²) in [4.78, 5) is 0. The van der Waals surface area contributed by atoms with Crippen LogP contribution in [0.25, 0.3) is 61.2 Å². The third kappa shape index (κ3) is 29.4. The van der Waals surface area contributed by atoms with Crippen molar-refractivity contribution in [2.45, 2.75) is 124 Å². The minimum atomic E-state index is 0.558. The van der Waals surface area contributed by atoms with Crippen LogP contribution < -0.4 is 0 Å². The van der Waals surface area contributed by atoms with Gasteiger partial charge in [0.2, 0.25) is 0 Å². The second kappa shape index (κ2) is 43.7. The van der Waals surface area contributed by atoms with Gasteiger partial charge in [-0.1, -0.05) is 368 Å². The summed E-state index contributed by atoms with van der Waals surface area (Å²) in [5.41, 5.74) is 20.5. The third-order valence-electron chi connectivity index (χ3n) is 11.6. The molecule has 0 nitrogen and oxygen atoms in total. The van der Waals surface area contributed by atoms with Gasteiger partial charge < -0.3 is 0 Å². The van der Waals surface area contributed by atoms with E-state index in [-0.39, 0.29) is 0 Å². The molecule has 0 radical (unpaired) electrons. The molecule has 0 saturated carbocycles. The maximum atomic E-state index is 3.78. The molecule has 82 heavy (non-hydrogen) atoms. The van der Waals surface area contributed by atoms with Crippen LogP contribution in [-0.4, -0.2) is 0 Å². The topological polar surface area (TPSA) is 0 Å². The normalized spacial score (nSPS) is 9.98. The molecule has 0 aliphatic rings. The van der Waals surface area contributed by atoms with E-state index in [4.69, 9.17) is 0 Å². The summed E-state index contributed by atoms with van der Waals surface area (Å²) in [6.45, 7) is 43.1. The van der Waals surface area contributed by atoms with Crippen molar-refractivity contribution in [3.8, 4) is 55.6 Å². The predicted octanol–water partition coefficient (Wildman–Crippen LogP) is 25.8. The molecule has 0 spiro atoms. The molecule has 0 N–H and O–H groups in total. The van der Waals surface area contributed by atoms with Crippen molar-refractivity contribution in [3.05, 3.63) is 308 Å². The molecule has 9 aromatic carbocycles. The predicted molar refractivity (Wildman–Crippen MR) is 374 cm³/mol. The molecule has 9 aromatic rings.